The predicted molar refractivity (Wildman–Crippen MR) is 56.6 cm³/mol. The molecule has 0 aromatic rings. The minimum atomic E-state index is 0.270. The summed E-state index contributed by atoms with van der Waals surface area (Å²) in [6.07, 6.45) is 1.63. The van der Waals surface area contributed by atoms with Crippen LogP contribution in [0.1, 0.15) is 19.8 Å². The summed E-state index contributed by atoms with van der Waals surface area (Å²) in [5.74, 6) is 0.270. The lowest BCUT2D eigenvalue weighted by Gasteiger charge is -2.15. The molecule has 0 aliphatic carbocycles. The van der Waals surface area contributed by atoms with Crippen molar-refractivity contribution in [3.05, 3.63) is 0 Å². The number of amidine groups is 1. The van der Waals surface area contributed by atoms with Gasteiger partial charge in [0.25, 0.3) is 0 Å². The van der Waals surface area contributed by atoms with Crippen LogP contribution in [-0.4, -0.2) is 49.3 Å². The maximum atomic E-state index is 8.31. The zero-order valence-corrected chi connectivity index (χ0v) is 9.07. The number of nitrogens with two attached hydrogens (primary N) is 1. The van der Waals surface area contributed by atoms with Crippen molar-refractivity contribution < 1.29 is 9.94 Å². The van der Waals surface area contributed by atoms with Crippen LogP contribution in [0.25, 0.3) is 0 Å². The lowest BCUT2D eigenvalue weighted by Crippen LogP contribution is -2.27. The molecular weight excluding hydrogens is 182 g/mol. The quantitative estimate of drug-likeness (QED) is 0.198. The van der Waals surface area contributed by atoms with Crippen LogP contribution in [0.15, 0.2) is 5.16 Å². The predicted octanol–water partition coefficient (Wildman–Crippen LogP) is 0.481. The zero-order valence-electron chi connectivity index (χ0n) is 9.07. The van der Waals surface area contributed by atoms with Gasteiger partial charge in [-0.3, -0.25) is 0 Å². The highest BCUT2D eigenvalue weighted by molar-refractivity contribution is 5.79. The van der Waals surface area contributed by atoms with Gasteiger partial charge in [-0.05, 0) is 13.5 Å². The van der Waals surface area contributed by atoms with Gasteiger partial charge in [0.2, 0.25) is 0 Å². The van der Waals surface area contributed by atoms with Gasteiger partial charge >= 0.3 is 0 Å². The van der Waals surface area contributed by atoms with Gasteiger partial charge in [0, 0.05) is 26.1 Å². The van der Waals surface area contributed by atoms with Crippen LogP contribution in [0.4, 0.5) is 0 Å². The normalized spacial score (nSPS) is 12.4. The van der Waals surface area contributed by atoms with Gasteiger partial charge in [0.1, 0.15) is 5.84 Å². The molecule has 0 unspecified atom stereocenters. The fourth-order valence-corrected chi connectivity index (χ4v) is 0.934. The largest absolute Gasteiger partial charge is 0.409 e. The first kappa shape index (κ1) is 13.2. The van der Waals surface area contributed by atoms with Gasteiger partial charge in [-0.15, -0.1) is 0 Å². The van der Waals surface area contributed by atoms with Crippen LogP contribution in [0.3, 0.4) is 0 Å². The van der Waals surface area contributed by atoms with Crippen molar-refractivity contribution in [1.29, 1.82) is 0 Å². The molecule has 0 bridgehead atoms. The van der Waals surface area contributed by atoms with Gasteiger partial charge in [0.15, 0.2) is 0 Å². The molecule has 0 spiro atoms. The Morgan fingerprint density at radius 1 is 1.43 bits per heavy atom. The smallest absolute Gasteiger partial charge is 0.140 e. The van der Waals surface area contributed by atoms with E-state index in [0.717, 1.165) is 32.7 Å². The summed E-state index contributed by atoms with van der Waals surface area (Å²) in [6.45, 7) is 5.29. The molecule has 0 atom stereocenters. The Morgan fingerprint density at radius 2 is 2.14 bits per heavy atom. The topological polar surface area (TPSA) is 71.1 Å². The van der Waals surface area contributed by atoms with E-state index in [0.29, 0.717) is 6.42 Å². The number of oxime groups is 1. The van der Waals surface area contributed by atoms with E-state index in [1.807, 2.05) is 7.05 Å². The maximum absolute atomic E-state index is 8.31. The van der Waals surface area contributed by atoms with Crippen molar-refractivity contribution in [2.24, 2.45) is 10.9 Å². The SMILES string of the molecule is CCCOCCN(C)CCC(N)=NO. The third kappa shape index (κ3) is 7.82. The minimum Gasteiger partial charge on any atom is -0.409 e. The average Bonchev–Trinajstić information content (AvgIpc) is 2.21. The number of nitrogens with zero attached hydrogens (tertiary/aromatic N) is 2. The summed E-state index contributed by atoms with van der Waals surface area (Å²) >= 11 is 0. The highest BCUT2D eigenvalue weighted by Crippen LogP contribution is 1.89. The van der Waals surface area contributed by atoms with Crippen molar-refractivity contribution in [2.45, 2.75) is 19.8 Å². The molecule has 0 aliphatic heterocycles. The second kappa shape index (κ2) is 8.77. The molecule has 84 valence electrons. The number of hydrogen-bond donors (Lipinski definition) is 2. The maximum Gasteiger partial charge on any atom is 0.140 e. The lowest BCUT2D eigenvalue weighted by atomic mass is 10.4. The van der Waals surface area contributed by atoms with E-state index in [1.54, 1.807) is 0 Å². The highest BCUT2D eigenvalue weighted by Gasteiger charge is 1.99. The second-order valence-electron chi connectivity index (χ2n) is 3.26. The molecule has 14 heavy (non-hydrogen) atoms. The Labute approximate surface area is 85.5 Å². The Morgan fingerprint density at radius 3 is 2.71 bits per heavy atom. The van der Waals surface area contributed by atoms with Crippen molar-refractivity contribution in [1.82, 2.24) is 4.90 Å². The fraction of sp³-hybridized carbons (Fsp3) is 0.889. The molecule has 0 aromatic carbocycles. The lowest BCUT2D eigenvalue weighted by molar-refractivity contribution is 0.113. The number of likely N-dealkylation sites (N-methyl/N-ethyl adjacent to an activating group) is 1. The van der Waals surface area contributed by atoms with E-state index in [-0.39, 0.29) is 5.84 Å². The van der Waals surface area contributed by atoms with Gasteiger partial charge < -0.3 is 20.6 Å². The van der Waals surface area contributed by atoms with Crippen LogP contribution in [-0.2, 0) is 4.74 Å². The van der Waals surface area contributed by atoms with Gasteiger partial charge in [-0.2, -0.15) is 0 Å². The molecule has 5 nitrogen and oxygen atoms in total. The molecule has 3 N–H and O–H groups in total. The monoisotopic (exact) mass is 203 g/mol. The van der Waals surface area contributed by atoms with Gasteiger partial charge in [-0.1, -0.05) is 12.1 Å². The molecule has 5 heteroatoms. The van der Waals surface area contributed by atoms with Crippen molar-refractivity contribution in [2.75, 3.05) is 33.4 Å². The van der Waals surface area contributed by atoms with Crippen molar-refractivity contribution >= 4 is 5.84 Å². The van der Waals surface area contributed by atoms with E-state index in [9.17, 15) is 0 Å². The molecule has 0 heterocycles. The number of ether oxygens (including phenoxy) is 1. The van der Waals surface area contributed by atoms with Crippen molar-refractivity contribution in [3.8, 4) is 0 Å². The molecular formula is C9H21N3O2. The minimum absolute atomic E-state index is 0.270. The Balaban J connectivity index is 3.32. The van der Waals surface area contributed by atoms with Gasteiger partial charge in [0.05, 0.1) is 6.61 Å². The Hall–Kier alpha value is -0.810. The van der Waals surface area contributed by atoms with E-state index < -0.39 is 0 Å². The first-order chi connectivity index (χ1) is 6.70. The van der Waals surface area contributed by atoms with Crippen LogP contribution in [0, 0.1) is 0 Å². The Bertz CT molecular complexity index is 162. The number of rotatable bonds is 8. The summed E-state index contributed by atoms with van der Waals surface area (Å²) < 4.78 is 5.33. The van der Waals surface area contributed by atoms with E-state index >= 15 is 0 Å². The standard InChI is InChI=1S/C9H21N3O2/c1-3-7-14-8-6-12(2)5-4-9(10)11-13/h13H,3-8H2,1-2H3,(H2,10,11). The summed E-state index contributed by atoms with van der Waals surface area (Å²) in [6, 6.07) is 0. The first-order valence-corrected chi connectivity index (χ1v) is 4.93. The fourth-order valence-electron chi connectivity index (χ4n) is 0.934. The van der Waals surface area contributed by atoms with E-state index in [2.05, 4.69) is 17.0 Å². The summed E-state index contributed by atoms with van der Waals surface area (Å²) in [7, 11) is 1.99. The molecule has 0 aromatic heterocycles. The summed E-state index contributed by atoms with van der Waals surface area (Å²) in [4.78, 5) is 2.09. The molecule has 0 amide bonds. The zero-order chi connectivity index (χ0) is 10.8. The third-order valence-electron chi connectivity index (χ3n) is 1.84. The number of hydrogen-bond acceptors (Lipinski definition) is 4. The van der Waals surface area contributed by atoms with E-state index in [4.69, 9.17) is 15.7 Å². The van der Waals surface area contributed by atoms with Crippen molar-refractivity contribution in [3.63, 3.8) is 0 Å². The van der Waals surface area contributed by atoms with Crippen LogP contribution < -0.4 is 5.73 Å². The summed E-state index contributed by atoms with van der Waals surface area (Å²) in [5, 5.41) is 11.2. The average molecular weight is 203 g/mol. The molecule has 0 saturated heterocycles. The van der Waals surface area contributed by atoms with Crippen LogP contribution in [0.5, 0.6) is 0 Å². The highest BCUT2D eigenvalue weighted by atomic mass is 16.5. The Kier molecular flexibility index (Phi) is 8.27. The van der Waals surface area contributed by atoms with E-state index in [1.165, 1.54) is 0 Å². The summed E-state index contributed by atoms with van der Waals surface area (Å²) in [5.41, 5.74) is 5.34. The first-order valence-electron chi connectivity index (χ1n) is 4.93. The molecule has 0 saturated carbocycles. The van der Waals surface area contributed by atoms with Crippen LogP contribution in [0.2, 0.25) is 0 Å². The molecule has 0 rings (SSSR count). The van der Waals surface area contributed by atoms with Crippen LogP contribution >= 0.6 is 0 Å². The second-order valence-corrected chi connectivity index (χ2v) is 3.26. The van der Waals surface area contributed by atoms with Gasteiger partial charge in [-0.25, -0.2) is 0 Å². The third-order valence-corrected chi connectivity index (χ3v) is 1.84. The molecule has 0 aliphatic rings. The molecule has 0 fully saturated rings. The molecule has 0 radical (unpaired) electrons.